The van der Waals surface area contributed by atoms with Crippen molar-refractivity contribution in [1.29, 1.82) is 0 Å². The number of nitrogens with one attached hydrogen (secondary N) is 2. The molecule has 32 heavy (non-hydrogen) atoms. The van der Waals surface area contributed by atoms with Crippen molar-refractivity contribution in [3.63, 3.8) is 0 Å². The molecular formula is C23H22F2N2O5. The minimum absolute atomic E-state index is 0.0502. The fourth-order valence-corrected chi connectivity index (χ4v) is 4.21. The number of carbonyl (C=O) groups is 3. The fraction of sp³-hybridized carbons (Fsp3) is 0.348. The number of benzene rings is 2. The van der Waals surface area contributed by atoms with Gasteiger partial charge in [0.15, 0.2) is 0 Å². The first-order valence-corrected chi connectivity index (χ1v) is 10.3. The van der Waals surface area contributed by atoms with E-state index in [1.165, 1.54) is 0 Å². The van der Waals surface area contributed by atoms with E-state index in [2.05, 4.69) is 5.32 Å². The Balaban J connectivity index is 1.39. The first kappa shape index (κ1) is 21.7. The summed E-state index contributed by atoms with van der Waals surface area (Å²) in [5, 5.41) is 12.9. The van der Waals surface area contributed by atoms with Crippen molar-refractivity contribution in [2.75, 3.05) is 13.2 Å². The summed E-state index contributed by atoms with van der Waals surface area (Å²) in [5.41, 5.74) is 2.84. The van der Waals surface area contributed by atoms with Crippen molar-refractivity contribution in [3.8, 4) is 11.1 Å². The van der Waals surface area contributed by atoms with Gasteiger partial charge < -0.3 is 20.5 Å². The molecule has 0 aromatic heterocycles. The van der Waals surface area contributed by atoms with E-state index in [9.17, 15) is 23.2 Å². The van der Waals surface area contributed by atoms with Crippen LogP contribution in [0.25, 0.3) is 11.1 Å². The molecule has 0 unspecified atom stereocenters. The van der Waals surface area contributed by atoms with Crippen LogP contribution in [0.2, 0.25) is 0 Å². The maximum atomic E-state index is 13.3. The highest BCUT2D eigenvalue weighted by Gasteiger charge is 2.48. The van der Waals surface area contributed by atoms with Crippen LogP contribution >= 0.6 is 0 Å². The number of hydrogen-bond acceptors (Lipinski definition) is 4. The van der Waals surface area contributed by atoms with E-state index in [0.717, 1.165) is 22.3 Å². The number of halogens is 2. The third-order valence-corrected chi connectivity index (χ3v) is 6.11. The Kier molecular flexibility index (Phi) is 5.58. The molecule has 4 rings (SSSR count). The molecule has 0 heterocycles. The van der Waals surface area contributed by atoms with Gasteiger partial charge in [-0.2, -0.15) is 8.78 Å². The topological polar surface area (TPSA) is 105 Å². The van der Waals surface area contributed by atoms with Crippen molar-refractivity contribution in [2.24, 2.45) is 0 Å². The predicted octanol–water partition coefficient (Wildman–Crippen LogP) is 3.28. The van der Waals surface area contributed by atoms with Crippen LogP contribution in [0, 0.1) is 0 Å². The molecule has 0 radical (unpaired) electrons. The second-order valence-electron chi connectivity index (χ2n) is 8.08. The lowest BCUT2D eigenvalue weighted by molar-refractivity contribution is -0.164. The number of aliphatic carboxylic acids is 1. The molecule has 0 spiro atoms. The van der Waals surface area contributed by atoms with Gasteiger partial charge in [-0.15, -0.1) is 0 Å². The van der Waals surface area contributed by atoms with Gasteiger partial charge in [0.2, 0.25) is 5.91 Å². The minimum atomic E-state index is -4.09. The van der Waals surface area contributed by atoms with Gasteiger partial charge in [0.25, 0.3) is 0 Å². The maximum Gasteiger partial charge on any atom is 0.408 e. The highest BCUT2D eigenvalue weighted by Crippen LogP contribution is 2.44. The molecule has 0 atom stereocenters. The first-order valence-electron chi connectivity index (χ1n) is 10.3. The minimum Gasteiger partial charge on any atom is -0.477 e. The normalized spacial score (nSPS) is 16.3. The second kappa shape index (κ2) is 8.22. The monoisotopic (exact) mass is 444 g/mol. The van der Waals surface area contributed by atoms with Crippen LogP contribution < -0.4 is 10.6 Å². The Morgan fingerprint density at radius 3 is 2.09 bits per heavy atom. The number of amides is 2. The number of carboxylic acid groups (broad SMARTS) is 1. The summed E-state index contributed by atoms with van der Waals surface area (Å²) >= 11 is 0. The van der Waals surface area contributed by atoms with E-state index in [4.69, 9.17) is 9.84 Å². The first-order chi connectivity index (χ1) is 15.2. The van der Waals surface area contributed by atoms with Crippen LogP contribution in [0.4, 0.5) is 13.6 Å². The number of alkyl halides is 2. The lowest BCUT2D eigenvalue weighted by atomic mass is 9.76. The lowest BCUT2D eigenvalue weighted by Gasteiger charge is -2.40. The van der Waals surface area contributed by atoms with Crippen LogP contribution in [0.3, 0.4) is 0 Å². The molecule has 2 aromatic rings. The summed E-state index contributed by atoms with van der Waals surface area (Å²) in [4.78, 5) is 35.5. The number of hydrogen-bond donors (Lipinski definition) is 3. The zero-order valence-electron chi connectivity index (χ0n) is 17.1. The van der Waals surface area contributed by atoms with E-state index in [1.54, 1.807) is 0 Å². The van der Waals surface area contributed by atoms with Crippen molar-refractivity contribution in [1.82, 2.24) is 10.6 Å². The van der Waals surface area contributed by atoms with Gasteiger partial charge >= 0.3 is 18.0 Å². The van der Waals surface area contributed by atoms with Crippen molar-refractivity contribution in [2.45, 2.75) is 36.6 Å². The van der Waals surface area contributed by atoms with Crippen LogP contribution in [0.1, 0.15) is 36.3 Å². The standard InChI is InChI=1S/C23H22F2N2O5/c24-23(25,20(29)30)13-26-19(28)22(10-5-11-22)27-21(31)32-12-18-16-8-3-1-6-14(16)15-7-2-4-9-17(15)18/h1-4,6-9,18H,5,10-13H2,(H,26,28)(H,27,31)(H,29,30). The highest BCUT2D eigenvalue weighted by atomic mass is 19.3. The van der Waals surface area contributed by atoms with E-state index in [-0.39, 0.29) is 25.4 Å². The second-order valence-corrected chi connectivity index (χ2v) is 8.08. The number of carbonyl (C=O) groups excluding carboxylic acids is 2. The van der Waals surface area contributed by atoms with Gasteiger partial charge in [-0.05, 0) is 41.5 Å². The Bertz CT molecular complexity index is 1020. The number of rotatable bonds is 7. The summed E-state index contributed by atoms with van der Waals surface area (Å²) in [5.74, 6) is -7.43. The molecule has 2 aromatic carbocycles. The van der Waals surface area contributed by atoms with Crippen molar-refractivity contribution < 1.29 is 33.0 Å². The van der Waals surface area contributed by atoms with Gasteiger partial charge in [0.05, 0.1) is 6.54 Å². The third kappa shape index (κ3) is 3.90. The van der Waals surface area contributed by atoms with Gasteiger partial charge in [-0.3, -0.25) is 4.79 Å². The Hall–Kier alpha value is -3.49. The zero-order chi connectivity index (χ0) is 22.9. The van der Waals surface area contributed by atoms with E-state index < -0.39 is 36.0 Å². The number of ether oxygens (including phenoxy) is 1. The molecule has 1 fully saturated rings. The molecule has 1 saturated carbocycles. The molecule has 0 saturated heterocycles. The van der Waals surface area contributed by atoms with Crippen molar-refractivity contribution in [3.05, 3.63) is 59.7 Å². The Morgan fingerprint density at radius 2 is 1.59 bits per heavy atom. The molecule has 2 amide bonds. The SMILES string of the molecule is O=C(NC1(C(=O)NCC(F)(F)C(=O)O)CCC1)OCC1c2ccccc2-c2ccccc21. The molecule has 7 nitrogen and oxygen atoms in total. The smallest absolute Gasteiger partial charge is 0.408 e. The largest absolute Gasteiger partial charge is 0.477 e. The lowest BCUT2D eigenvalue weighted by Crippen LogP contribution is -2.64. The molecule has 2 aliphatic carbocycles. The average molecular weight is 444 g/mol. The van der Waals surface area contributed by atoms with Crippen molar-refractivity contribution >= 4 is 18.0 Å². The van der Waals surface area contributed by atoms with Gasteiger partial charge in [-0.25, -0.2) is 9.59 Å². The van der Waals surface area contributed by atoms with Crippen LogP contribution in [0.15, 0.2) is 48.5 Å². The number of alkyl carbamates (subject to hydrolysis) is 1. The van der Waals surface area contributed by atoms with Gasteiger partial charge in [0.1, 0.15) is 12.1 Å². The fourth-order valence-electron chi connectivity index (χ4n) is 4.21. The predicted molar refractivity (Wildman–Crippen MR) is 110 cm³/mol. The summed E-state index contributed by atoms with van der Waals surface area (Å²) < 4.78 is 32.0. The molecule has 3 N–H and O–H groups in total. The van der Waals surface area contributed by atoms with Gasteiger partial charge in [-0.1, -0.05) is 48.5 Å². The molecule has 2 aliphatic rings. The molecule has 0 aliphatic heterocycles. The van der Waals surface area contributed by atoms with Crippen LogP contribution in [-0.4, -0.2) is 47.7 Å². The van der Waals surface area contributed by atoms with Crippen LogP contribution in [0.5, 0.6) is 0 Å². The quantitative estimate of drug-likeness (QED) is 0.608. The number of carboxylic acids is 1. The highest BCUT2D eigenvalue weighted by molar-refractivity contribution is 5.91. The van der Waals surface area contributed by atoms with E-state index in [0.29, 0.717) is 6.42 Å². The maximum absolute atomic E-state index is 13.3. The van der Waals surface area contributed by atoms with E-state index >= 15 is 0 Å². The summed E-state index contributed by atoms with van der Waals surface area (Å²) in [7, 11) is 0. The molecule has 9 heteroatoms. The zero-order valence-corrected chi connectivity index (χ0v) is 17.1. The Morgan fingerprint density at radius 1 is 1.03 bits per heavy atom. The third-order valence-electron chi connectivity index (χ3n) is 6.11. The summed E-state index contributed by atoms with van der Waals surface area (Å²) in [6.45, 7) is -1.30. The summed E-state index contributed by atoms with van der Waals surface area (Å²) in [6.07, 6.45) is 0.294. The molecular weight excluding hydrogens is 422 g/mol. The number of fused-ring (bicyclic) bond motifs is 3. The molecule has 168 valence electrons. The van der Waals surface area contributed by atoms with Gasteiger partial charge in [0, 0.05) is 5.92 Å². The average Bonchev–Trinajstić information content (AvgIpc) is 3.07. The van der Waals surface area contributed by atoms with Crippen LogP contribution in [-0.2, 0) is 14.3 Å². The summed E-state index contributed by atoms with van der Waals surface area (Å²) in [6, 6.07) is 15.7. The molecule has 0 bridgehead atoms. The Labute approximate surface area is 182 Å². The van der Waals surface area contributed by atoms with E-state index in [1.807, 2.05) is 53.8 Å².